The molecule has 8 nitrogen and oxygen atoms in total. The quantitative estimate of drug-likeness (QED) is 0.592. The fraction of sp³-hybridized carbons (Fsp3) is 0.619. The Labute approximate surface area is 190 Å². The van der Waals surface area contributed by atoms with Gasteiger partial charge in [0.05, 0.1) is 29.1 Å². The summed E-state index contributed by atoms with van der Waals surface area (Å²) < 4.78 is 72.2. The summed E-state index contributed by atoms with van der Waals surface area (Å²) in [6.45, 7) is 0.903. The monoisotopic (exact) mass is 488 g/mol. The number of piperidine rings is 1. The van der Waals surface area contributed by atoms with Crippen molar-refractivity contribution in [3.05, 3.63) is 23.8 Å². The van der Waals surface area contributed by atoms with E-state index in [9.17, 15) is 26.4 Å². The number of halogens is 3. The number of carbonyl (C=O) groups excluding carboxylic acids is 1. The molecule has 2 aromatic rings. The second kappa shape index (κ2) is 9.49. The summed E-state index contributed by atoms with van der Waals surface area (Å²) in [6.07, 6.45) is -0.0110. The van der Waals surface area contributed by atoms with E-state index in [2.05, 4.69) is 4.98 Å². The van der Waals surface area contributed by atoms with E-state index in [1.54, 1.807) is 4.90 Å². The molecule has 0 N–H and O–H groups in total. The van der Waals surface area contributed by atoms with E-state index in [0.29, 0.717) is 38.3 Å². The van der Waals surface area contributed by atoms with E-state index < -0.39 is 33.7 Å². The molecule has 1 unspecified atom stereocenters. The molecule has 1 atom stereocenters. The Morgan fingerprint density at radius 2 is 1.91 bits per heavy atom. The average Bonchev–Trinajstić information content (AvgIpc) is 3.29. The minimum Gasteiger partial charge on any atom is -0.383 e. The minimum absolute atomic E-state index is 0.0103. The van der Waals surface area contributed by atoms with Crippen LogP contribution in [0, 0.1) is 11.6 Å². The number of imidazole rings is 1. The van der Waals surface area contributed by atoms with Gasteiger partial charge in [-0.05, 0) is 19.3 Å². The van der Waals surface area contributed by atoms with E-state index in [1.165, 1.54) is 16.6 Å². The molecule has 1 aromatic carbocycles. The van der Waals surface area contributed by atoms with Gasteiger partial charge in [0, 0.05) is 44.9 Å². The van der Waals surface area contributed by atoms with Crippen LogP contribution in [0.15, 0.2) is 12.1 Å². The number of carbonyl (C=O) groups is 1. The lowest BCUT2D eigenvalue weighted by Crippen LogP contribution is -2.45. The van der Waals surface area contributed by atoms with Crippen molar-refractivity contribution >= 4 is 32.7 Å². The number of aromatic nitrogens is 2. The number of benzene rings is 1. The molecule has 1 amide bonds. The van der Waals surface area contributed by atoms with Crippen LogP contribution in [-0.4, -0.2) is 85.8 Å². The topological polar surface area (TPSA) is 84.7 Å². The second-order valence-corrected chi connectivity index (χ2v) is 10.8. The van der Waals surface area contributed by atoms with Crippen LogP contribution in [0.4, 0.5) is 19.1 Å². The molecule has 2 aliphatic heterocycles. The number of nitrogens with zero attached hydrogens (tertiary/aromatic N) is 4. The van der Waals surface area contributed by atoms with Crippen molar-refractivity contribution in [3.63, 3.8) is 0 Å². The Balaban J connectivity index is 1.68. The van der Waals surface area contributed by atoms with Crippen LogP contribution in [0.2, 0.25) is 0 Å². The van der Waals surface area contributed by atoms with E-state index in [-0.39, 0.29) is 48.1 Å². The Morgan fingerprint density at radius 3 is 2.55 bits per heavy atom. The molecule has 182 valence electrons. The standard InChI is InChI=1S/C21H27F3N4O4S/c1-32-8-7-27(15-4-9-33(30,31)13-15)20(29)12-28-19-11-17(24)16(23)10-18(19)25-21(28)26-5-2-14(22)3-6-26/h10-11,14-15H,2-9,12-13H2,1H3. The zero-order valence-corrected chi connectivity index (χ0v) is 19.2. The average molecular weight is 489 g/mol. The van der Waals surface area contributed by atoms with Gasteiger partial charge in [0.2, 0.25) is 11.9 Å². The fourth-order valence-corrected chi connectivity index (χ4v) is 6.23. The number of alkyl halides is 1. The summed E-state index contributed by atoms with van der Waals surface area (Å²) in [6, 6.07) is 1.49. The molecule has 3 heterocycles. The lowest BCUT2D eigenvalue weighted by atomic mass is 10.1. The number of sulfone groups is 1. The van der Waals surface area contributed by atoms with Gasteiger partial charge in [-0.3, -0.25) is 4.79 Å². The molecule has 4 rings (SSSR count). The number of hydrogen-bond acceptors (Lipinski definition) is 6. The van der Waals surface area contributed by atoms with E-state index >= 15 is 0 Å². The van der Waals surface area contributed by atoms with Gasteiger partial charge in [0.1, 0.15) is 12.7 Å². The lowest BCUT2D eigenvalue weighted by molar-refractivity contribution is -0.134. The van der Waals surface area contributed by atoms with Crippen molar-refractivity contribution in [2.45, 2.75) is 38.0 Å². The van der Waals surface area contributed by atoms with E-state index in [0.717, 1.165) is 12.1 Å². The summed E-state index contributed by atoms with van der Waals surface area (Å²) in [5, 5.41) is 0. The number of amides is 1. The first-order chi connectivity index (χ1) is 15.7. The SMILES string of the molecule is COCCN(C(=O)Cn1c(N2CCC(F)CC2)nc2cc(F)c(F)cc21)C1CCS(=O)(=O)C1. The Morgan fingerprint density at radius 1 is 1.21 bits per heavy atom. The largest absolute Gasteiger partial charge is 0.383 e. The lowest BCUT2D eigenvalue weighted by Gasteiger charge is -2.31. The number of fused-ring (bicyclic) bond motifs is 1. The highest BCUT2D eigenvalue weighted by Crippen LogP contribution is 2.28. The number of ether oxygens (including phenoxy) is 1. The van der Waals surface area contributed by atoms with Gasteiger partial charge in [0.15, 0.2) is 21.5 Å². The second-order valence-electron chi connectivity index (χ2n) is 8.55. The highest BCUT2D eigenvalue weighted by Gasteiger charge is 2.35. The molecule has 2 fully saturated rings. The Bertz CT molecular complexity index is 1130. The van der Waals surface area contributed by atoms with Crippen molar-refractivity contribution in [2.24, 2.45) is 0 Å². The third kappa shape index (κ3) is 5.11. The minimum atomic E-state index is -3.23. The zero-order valence-electron chi connectivity index (χ0n) is 18.3. The van der Waals surface area contributed by atoms with Crippen LogP contribution in [0.5, 0.6) is 0 Å². The summed E-state index contributed by atoms with van der Waals surface area (Å²) in [5.74, 6) is -2.27. The van der Waals surface area contributed by atoms with E-state index in [1.807, 2.05) is 0 Å². The van der Waals surface area contributed by atoms with Crippen LogP contribution in [0.25, 0.3) is 11.0 Å². The van der Waals surface area contributed by atoms with Gasteiger partial charge in [-0.15, -0.1) is 0 Å². The van der Waals surface area contributed by atoms with Gasteiger partial charge in [-0.2, -0.15) is 0 Å². The maximum atomic E-state index is 14.1. The molecule has 0 saturated carbocycles. The summed E-state index contributed by atoms with van der Waals surface area (Å²) in [7, 11) is -1.74. The molecule has 0 aliphatic carbocycles. The number of anilines is 1. The molecule has 2 aliphatic rings. The number of hydrogen-bond donors (Lipinski definition) is 0. The first kappa shape index (κ1) is 23.8. The molecule has 33 heavy (non-hydrogen) atoms. The van der Waals surface area contributed by atoms with Gasteiger partial charge >= 0.3 is 0 Å². The fourth-order valence-electron chi connectivity index (χ4n) is 4.50. The first-order valence-electron chi connectivity index (χ1n) is 10.9. The molecular weight excluding hydrogens is 461 g/mol. The highest BCUT2D eigenvalue weighted by molar-refractivity contribution is 7.91. The maximum absolute atomic E-state index is 14.1. The van der Waals surface area contributed by atoms with Gasteiger partial charge < -0.3 is 19.1 Å². The summed E-state index contributed by atoms with van der Waals surface area (Å²) >= 11 is 0. The molecular formula is C21H27F3N4O4S. The number of methoxy groups -OCH3 is 1. The van der Waals surface area contributed by atoms with Crippen LogP contribution in [0.1, 0.15) is 19.3 Å². The van der Waals surface area contributed by atoms with Crippen LogP contribution < -0.4 is 4.90 Å². The molecule has 0 bridgehead atoms. The third-order valence-corrected chi connectivity index (χ3v) is 8.03. The molecule has 1 aromatic heterocycles. The van der Waals surface area contributed by atoms with E-state index in [4.69, 9.17) is 4.74 Å². The first-order valence-corrected chi connectivity index (χ1v) is 12.7. The van der Waals surface area contributed by atoms with Crippen LogP contribution in [0.3, 0.4) is 0 Å². The predicted molar refractivity (Wildman–Crippen MR) is 117 cm³/mol. The third-order valence-electron chi connectivity index (χ3n) is 6.28. The normalized spacial score (nSPS) is 21.1. The van der Waals surface area contributed by atoms with Crippen LogP contribution >= 0.6 is 0 Å². The smallest absolute Gasteiger partial charge is 0.243 e. The zero-order chi connectivity index (χ0) is 23.8. The van der Waals surface area contributed by atoms with Crippen molar-refractivity contribution in [3.8, 4) is 0 Å². The molecule has 12 heteroatoms. The van der Waals surface area contributed by atoms with Crippen molar-refractivity contribution in [1.29, 1.82) is 0 Å². The summed E-state index contributed by atoms with van der Waals surface area (Å²) in [4.78, 5) is 21.1. The van der Waals surface area contributed by atoms with Crippen molar-refractivity contribution in [2.75, 3.05) is 49.8 Å². The van der Waals surface area contributed by atoms with Gasteiger partial charge in [0.25, 0.3) is 0 Å². The molecule has 2 saturated heterocycles. The predicted octanol–water partition coefficient (Wildman–Crippen LogP) is 1.91. The number of rotatable bonds is 7. The molecule has 0 radical (unpaired) electrons. The van der Waals surface area contributed by atoms with Crippen molar-refractivity contribution in [1.82, 2.24) is 14.5 Å². The maximum Gasteiger partial charge on any atom is 0.243 e. The Hall–Kier alpha value is -2.34. The highest BCUT2D eigenvalue weighted by atomic mass is 32.2. The van der Waals surface area contributed by atoms with Gasteiger partial charge in [-0.25, -0.2) is 26.6 Å². The molecule has 0 spiro atoms. The van der Waals surface area contributed by atoms with Crippen molar-refractivity contribution < 1.29 is 31.1 Å². The van der Waals surface area contributed by atoms with Gasteiger partial charge in [-0.1, -0.05) is 0 Å². The Kier molecular flexibility index (Phi) is 6.85. The summed E-state index contributed by atoms with van der Waals surface area (Å²) in [5.41, 5.74) is 0.427. The van der Waals surface area contributed by atoms with Crippen LogP contribution in [-0.2, 0) is 25.9 Å².